The Labute approximate surface area is 103 Å². The quantitative estimate of drug-likeness (QED) is 0.864. The van der Waals surface area contributed by atoms with E-state index >= 15 is 0 Å². The van der Waals surface area contributed by atoms with E-state index in [-0.39, 0.29) is 17.6 Å². The molecule has 1 saturated heterocycles. The highest BCUT2D eigenvalue weighted by Gasteiger charge is 2.22. The standard InChI is InChI=1S/C12H14F2N2O2/c13-12(14)18-10-3-1-2-9(6-10)16-11(17)8-4-5-15-7-8/h1-3,6,8,12,15H,4-5,7H2,(H,16,17). The second kappa shape index (κ2) is 5.77. The van der Waals surface area contributed by atoms with Gasteiger partial charge in [-0.05, 0) is 25.1 Å². The molecule has 98 valence electrons. The first-order valence-corrected chi connectivity index (χ1v) is 5.71. The highest BCUT2D eigenvalue weighted by Crippen LogP contribution is 2.20. The predicted octanol–water partition coefficient (Wildman–Crippen LogP) is 1.84. The van der Waals surface area contributed by atoms with Crippen LogP contribution in [-0.4, -0.2) is 25.6 Å². The second-order valence-corrected chi connectivity index (χ2v) is 4.09. The number of benzene rings is 1. The van der Waals surface area contributed by atoms with Gasteiger partial charge in [0, 0.05) is 18.3 Å². The van der Waals surface area contributed by atoms with Crippen molar-refractivity contribution in [1.82, 2.24) is 5.32 Å². The van der Waals surface area contributed by atoms with Crippen LogP contribution < -0.4 is 15.4 Å². The molecule has 18 heavy (non-hydrogen) atoms. The molecule has 2 rings (SSSR count). The Morgan fingerprint density at radius 2 is 2.33 bits per heavy atom. The molecule has 6 heteroatoms. The first-order chi connectivity index (χ1) is 8.65. The summed E-state index contributed by atoms with van der Waals surface area (Å²) < 4.78 is 28.4. The van der Waals surface area contributed by atoms with Gasteiger partial charge in [0.1, 0.15) is 5.75 Å². The fourth-order valence-corrected chi connectivity index (χ4v) is 1.87. The summed E-state index contributed by atoms with van der Waals surface area (Å²) in [4.78, 5) is 11.8. The van der Waals surface area contributed by atoms with Gasteiger partial charge in [-0.25, -0.2) is 0 Å². The van der Waals surface area contributed by atoms with E-state index in [9.17, 15) is 13.6 Å². The second-order valence-electron chi connectivity index (χ2n) is 4.09. The molecule has 4 nitrogen and oxygen atoms in total. The van der Waals surface area contributed by atoms with Gasteiger partial charge in [0.15, 0.2) is 0 Å². The van der Waals surface area contributed by atoms with Crippen LogP contribution in [0, 0.1) is 5.92 Å². The number of anilines is 1. The van der Waals surface area contributed by atoms with Gasteiger partial charge in [0.2, 0.25) is 5.91 Å². The third kappa shape index (κ3) is 3.40. The third-order valence-corrected chi connectivity index (χ3v) is 2.76. The summed E-state index contributed by atoms with van der Waals surface area (Å²) in [6, 6.07) is 5.99. The van der Waals surface area contributed by atoms with Crippen LogP contribution in [0.3, 0.4) is 0 Å². The predicted molar refractivity (Wildman–Crippen MR) is 62.7 cm³/mol. The van der Waals surface area contributed by atoms with Crippen LogP contribution in [0.1, 0.15) is 6.42 Å². The monoisotopic (exact) mass is 256 g/mol. The molecular weight excluding hydrogens is 242 g/mol. The van der Waals surface area contributed by atoms with Crippen molar-refractivity contribution in [2.24, 2.45) is 5.92 Å². The maximum Gasteiger partial charge on any atom is 0.387 e. The SMILES string of the molecule is O=C(Nc1cccc(OC(F)F)c1)C1CCNC1. The van der Waals surface area contributed by atoms with E-state index in [1.165, 1.54) is 12.1 Å². The molecule has 1 aromatic rings. The zero-order chi connectivity index (χ0) is 13.0. The van der Waals surface area contributed by atoms with Crippen LogP contribution in [0.4, 0.5) is 14.5 Å². The molecule has 1 heterocycles. The molecule has 0 saturated carbocycles. The summed E-state index contributed by atoms with van der Waals surface area (Å²) in [6.07, 6.45) is 0.791. The van der Waals surface area contributed by atoms with Crippen molar-refractivity contribution < 1.29 is 18.3 Å². The molecule has 1 atom stereocenters. The zero-order valence-corrected chi connectivity index (χ0v) is 9.66. The highest BCUT2D eigenvalue weighted by atomic mass is 19.3. The number of alkyl halides is 2. The summed E-state index contributed by atoms with van der Waals surface area (Å²) in [5.74, 6) is -0.133. The molecule has 1 fully saturated rings. The van der Waals surface area contributed by atoms with Gasteiger partial charge < -0.3 is 15.4 Å². The van der Waals surface area contributed by atoms with Crippen molar-refractivity contribution >= 4 is 11.6 Å². The minimum absolute atomic E-state index is 0.0346. The molecule has 0 aliphatic carbocycles. The van der Waals surface area contributed by atoms with Gasteiger partial charge in [-0.1, -0.05) is 6.07 Å². The van der Waals surface area contributed by atoms with Gasteiger partial charge in [-0.15, -0.1) is 0 Å². The summed E-state index contributed by atoms with van der Waals surface area (Å²) in [7, 11) is 0. The van der Waals surface area contributed by atoms with Crippen molar-refractivity contribution in [3.05, 3.63) is 24.3 Å². The molecular formula is C12H14F2N2O2. The molecule has 0 spiro atoms. The summed E-state index contributed by atoms with van der Waals surface area (Å²) >= 11 is 0. The number of hydrogen-bond acceptors (Lipinski definition) is 3. The van der Waals surface area contributed by atoms with Crippen LogP contribution in [0.5, 0.6) is 5.75 Å². The van der Waals surface area contributed by atoms with E-state index in [2.05, 4.69) is 15.4 Å². The minimum Gasteiger partial charge on any atom is -0.435 e. The van der Waals surface area contributed by atoms with Crippen LogP contribution in [-0.2, 0) is 4.79 Å². The minimum atomic E-state index is -2.87. The highest BCUT2D eigenvalue weighted by molar-refractivity contribution is 5.93. The van der Waals surface area contributed by atoms with Gasteiger partial charge >= 0.3 is 6.61 Å². The maximum absolute atomic E-state index is 12.0. The van der Waals surface area contributed by atoms with E-state index in [1.54, 1.807) is 12.1 Å². The lowest BCUT2D eigenvalue weighted by Gasteiger charge is -2.11. The zero-order valence-electron chi connectivity index (χ0n) is 9.66. The Hall–Kier alpha value is -1.69. The number of amides is 1. The van der Waals surface area contributed by atoms with E-state index in [0.717, 1.165) is 13.0 Å². The van der Waals surface area contributed by atoms with E-state index in [0.29, 0.717) is 12.2 Å². The molecule has 0 aromatic heterocycles. The van der Waals surface area contributed by atoms with Crippen LogP contribution in [0.15, 0.2) is 24.3 Å². The normalized spacial score (nSPS) is 18.9. The lowest BCUT2D eigenvalue weighted by Crippen LogP contribution is -2.24. The first kappa shape index (κ1) is 12.8. The Morgan fingerprint density at radius 3 is 3.00 bits per heavy atom. The summed E-state index contributed by atoms with van der Waals surface area (Å²) in [6.45, 7) is -1.39. The average molecular weight is 256 g/mol. The maximum atomic E-state index is 12.0. The van der Waals surface area contributed by atoms with Crippen molar-refractivity contribution in [3.63, 3.8) is 0 Å². The Balaban J connectivity index is 1.97. The number of hydrogen-bond donors (Lipinski definition) is 2. The number of carbonyl (C=O) groups is 1. The van der Waals surface area contributed by atoms with Crippen LogP contribution in [0.2, 0.25) is 0 Å². The first-order valence-electron chi connectivity index (χ1n) is 5.71. The number of ether oxygens (including phenoxy) is 1. The molecule has 2 N–H and O–H groups in total. The largest absolute Gasteiger partial charge is 0.435 e. The summed E-state index contributed by atoms with van der Waals surface area (Å²) in [5.41, 5.74) is 0.463. The average Bonchev–Trinajstić information content (AvgIpc) is 2.81. The van der Waals surface area contributed by atoms with Crippen LogP contribution >= 0.6 is 0 Å². The number of nitrogens with one attached hydrogen (secondary N) is 2. The van der Waals surface area contributed by atoms with Crippen molar-refractivity contribution in [3.8, 4) is 5.75 Å². The lowest BCUT2D eigenvalue weighted by atomic mass is 10.1. The summed E-state index contributed by atoms with van der Waals surface area (Å²) in [5, 5.41) is 5.79. The van der Waals surface area contributed by atoms with E-state index in [4.69, 9.17) is 0 Å². The fourth-order valence-electron chi connectivity index (χ4n) is 1.87. The van der Waals surface area contributed by atoms with Gasteiger partial charge in [0.25, 0.3) is 0 Å². The lowest BCUT2D eigenvalue weighted by molar-refractivity contribution is -0.119. The number of carbonyl (C=O) groups excluding carboxylic acids is 1. The van der Waals surface area contributed by atoms with Crippen molar-refractivity contribution in [2.75, 3.05) is 18.4 Å². The molecule has 0 radical (unpaired) electrons. The molecule has 1 unspecified atom stereocenters. The topological polar surface area (TPSA) is 50.4 Å². The molecule has 1 aromatic carbocycles. The molecule has 1 aliphatic heterocycles. The smallest absolute Gasteiger partial charge is 0.387 e. The van der Waals surface area contributed by atoms with Crippen molar-refractivity contribution in [1.29, 1.82) is 0 Å². The van der Waals surface area contributed by atoms with Gasteiger partial charge in [-0.2, -0.15) is 8.78 Å². The van der Waals surface area contributed by atoms with E-state index in [1.807, 2.05) is 0 Å². The van der Waals surface area contributed by atoms with Crippen LogP contribution in [0.25, 0.3) is 0 Å². The Kier molecular flexibility index (Phi) is 4.09. The fraction of sp³-hybridized carbons (Fsp3) is 0.417. The third-order valence-electron chi connectivity index (χ3n) is 2.76. The number of rotatable bonds is 4. The number of halogens is 2. The van der Waals surface area contributed by atoms with Crippen molar-refractivity contribution in [2.45, 2.75) is 13.0 Å². The van der Waals surface area contributed by atoms with Gasteiger partial charge in [-0.3, -0.25) is 4.79 Å². The molecule has 0 bridgehead atoms. The van der Waals surface area contributed by atoms with E-state index < -0.39 is 6.61 Å². The molecule has 1 aliphatic rings. The van der Waals surface area contributed by atoms with Gasteiger partial charge in [0.05, 0.1) is 5.92 Å². The Bertz CT molecular complexity index is 420. The Morgan fingerprint density at radius 1 is 1.50 bits per heavy atom. The molecule has 1 amide bonds.